The lowest BCUT2D eigenvalue weighted by Crippen LogP contribution is -2.17. The first-order chi connectivity index (χ1) is 6.86. The molecule has 1 aliphatic carbocycles. The van der Waals surface area contributed by atoms with Crippen molar-refractivity contribution < 1.29 is 4.39 Å². The summed E-state index contributed by atoms with van der Waals surface area (Å²) in [5.74, 6) is 0. The minimum atomic E-state index is -0.821. The van der Waals surface area contributed by atoms with Crippen LogP contribution in [0.2, 0.25) is 0 Å². The van der Waals surface area contributed by atoms with E-state index in [4.69, 9.17) is 0 Å². The topological polar surface area (TPSA) is 0 Å². The van der Waals surface area contributed by atoms with Crippen LogP contribution in [0.5, 0.6) is 0 Å². The van der Waals surface area contributed by atoms with Crippen molar-refractivity contribution in [2.24, 2.45) is 0 Å². The van der Waals surface area contributed by atoms with Crippen molar-refractivity contribution in [1.29, 1.82) is 0 Å². The van der Waals surface area contributed by atoms with Gasteiger partial charge < -0.3 is 0 Å². The first-order valence-electron chi connectivity index (χ1n) is 4.67. The van der Waals surface area contributed by atoms with Crippen molar-refractivity contribution in [3.8, 4) is 0 Å². The average molecular weight is 206 g/mol. The monoisotopic (exact) mass is 206 g/mol. The maximum Gasteiger partial charge on any atom is 0.129 e. The van der Waals surface area contributed by atoms with Gasteiger partial charge >= 0.3 is 0 Å². The van der Waals surface area contributed by atoms with Gasteiger partial charge in [0.15, 0.2) is 0 Å². The van der Waals surface area contributed by atoms with Gasteiger partial charge in [-0.1, -0.05) is 57.1 Å². The van der Waals surface area contributed by atoms with E-state index < -0.39 is 6.17 Å². The van der Waals surface area contributed by atoms with Crippen LogP contribution >= 0.6 is 8.58 Å². The number of benzene rings is 1. The molecule has 0 spiro atoms. The molecule has 2 heteroatoms. The average Bonchev–Trinajstić information content (AvgIpc) is 2.23. The maximum absolute atomic E-state index is 13.4. The van der Waals surface area contributed by atoms with Gasteiger partial charge in [0.1, 0.15) is 6.17 Å². The van der Waals surface area contributed by atoms with Crippen molar-refractivity contribution in [1.82, 2.24) is 0 Å². The van der Waals surface area contributed by atoms with Crippen LogP contribution in [-0.4, -0.2) is 11.8 Å². The highest BCUT2D eigenvalue weighted by molar-refractivity contribution is 7.48. The smallest absolute Gasteiger partial charge is 0.129 e. The zero-order valence-corrected chi connectivity index (χ0v) is 8.73. The summed E-state index contributed by atoms with van der Waals surface area (Å²) < 4.78 is 13.4. The second-order valence-electron chi connectivity index (χ2n) is 3.25. The van der Waals surface area contributed by atoms with Crippen LogP contribution < -0.4 is 5.30 Å². The van der Waals surface area contributed by atoms with Crippen LogP contribution in [0.15, 0.2) is 54.6 Å². The molecule has 0 heterocycles. The van der Waals surface area contributed by atoms with Crippen molar-refractivity contribution in [2.75, 3.05) is 0 Å². The van der Waals surface area contributed by atoms with Crippen molar-refractivity contribution in [3.05, 3.63) is 54.6 Å². The van der Waals surface area contributed by atoms with Crippen LogP contribution in [0, 0.1) is 0 Å². The largest absolute Gasteiger partial charge is 0.242 e. The summed E-state index contributed by atoms with van der Waals surface area (Å²) in [5.41, 5.74) is 0.0300. The molecule has 1 aromatic rings. The molecule has 0 aromatic heterocycles. The molecule has 1 aromatic carbocycles. The molecular weight excluding hydrogens is 194 g/mol. The molecule has 0 saturated carbocycles. The molecule has 0 bridgehead atoms. The maximum atomic E-state index is 13.4. The van der Waals surface area contributed by atoms with E-state index in [0.29, 0.717) is 8.58 Å². The lowest BCUT2D eigenvalue weighted by Gasteiger charge is -2.17. The highest BCUT2D eigenvalue weighted by Crippen LogP contribution is 2.27. The lowest BCUT2D eigenvalue weighted by atomic mass is 10.1. The molecule has 1 aliphatic rings. The predicted molar refractivity (Wildman–Crippen MR) is 61.4 cm³/mol. The van der Waals surface area contributed by atoms with Gasteiger partial charge in [0.05, 0.1) is 0 Å². The van der Waals surface area contributed by atoms with E-state index in [-0.39, 0.29) is 5.66 Å². The van der Waals surface area contributed by atoms with Crippen LogP contribution in [0.4, 0.5) is 4.39 Å². The Bertz CT molecular complexity index is 343. The SMILES string of the molecule is FC1C=CC=CC1Pc1ccccc1. The molecule has 0 saturated heterocycles. The summed E-state index contributed by atoms with van der Waals surface area (Å²) in [5, 5.41) is 1.22. The van der Waals surface area contributed by atoms with Crippen LogP contribution in [0.25, 0.3) is 0 Å². The van der Waals surface area contributed by atoms with Gasteiger partial charge in [-0.15, -0.1) is 0 Å². The highest BCUT2D eigenvalue weighted by Gasteiger charge is 2.17. The third-order valence-corrected chi connectivity index (χ3v) is 3.69. The number of hydrogen-bond acceptors (Lipinski definition) is 0. The first kappa shape index (κ1) is 9.61. The normalized spacial score (nSPS) is 26.1. The van der Waals surface area contributed by atoms with E-state index in [0.717, 1.165) is 0 Å². The summed E-state index contributed by atoms with van der Waals surface area (Å²) >= 11 is 0. The van der Waals surface area contributed by atoms with E-state index >= 15 is 0 Å². The van der Waals surface area contributed by atoms with E-state index in [1.54, 1.807) is 12.2 Å². The second-order valence-corrected chi connectivity index (χ2v) is 4.78. The Morgan fingerprint density at radius 2 is 1.71 bits per heavy atom. The van der Waals surface area contributed by atoms with E-state index in [1.165, 1.54) is 5.30 Å². The summed E-state index contributed by atoms with van der Waals surface area (Å²) in [6.07, 6.45) is 6.46. The Balaban J connectivity index is 2.05. The van der Waals surface area contributed by atoms with Gasteiger partial charge in [0.25, 0.3) is 0 Å². The van der Waals surface area contributed by atoms with Gasteiger partial charge in [-0.05, 0) is 11.4 Å². The molecule has 72 valence electrons. The Kier molecular flexibility index (Phi) is 3.10. The number of halogens is 1. The van der Waals surface area contributed by atoms with Gasteiger partial charge in [-0.25, -0.2) is 4.39 Å². The fraction of sp³-hybridized carbons (Fsp3) is 0.167. The molecule has 0 amide bonds. The molecule has 3 unspecified atom stereocenters. The Hall–Kier alpha value is -0.940. The van der Waals surface area contributed by atoms with Crippen molar-refractivity contribution >= 4 is 13.9 Å². The van der Waals surface area contributed by atoms with E-state index in [9.17, 15) is 4.39 Å². The highest BCUT2D eigenvalue weighted by atomic mass is 31.1. The summed E-state index contributed by atoms with van der Waals surface area (Å²) in [4.78, 5) is 0. The standard InChI is InChI=1S/C12H12FP/c13-11-8-4-5-9-12(11)14-10-6-2-1-3-7-10/h1-9,11-12,14H. The molecule has 0 nitrogen and oxygen atoms in total. The Labute approximate surface area is 85.3 Å². The van der Waals surface area contributed by atoms with Gasteiger partial charge in [0, 0.05) is 5.66 Å². The fourth-order valence-corrected chi connectivity index (χ4v) is 2.68. The molecule has 14 heavy (non-hydrogen) atoms. The molecule has 3 atom stereocenters. The Morgan fingerprint density at radius 1 is 1.00 bits per heavy atom. The van der Waals surface area contributed by atoms with Gasteiger partial charge in [-0.2, -0.15) is 0 Å². The summed E-state index contributed by atoms with van der Waals surface area (Å²) in [6.45, 7) is 0. The second kappa shape index (κ2) is 4.52. The van der Waals surface area contributed by atoms with Gasteiger partial charge in [-0.3, -0.25) is 0 Å². The molecule has 0 aliphatic heterocycles. The number of hydrogen-bond donors (Lipinski definition) is 0. The number of rotatable bonds is 2. The third kappa shape index (κ3) is 2.30. The zero-order chi connectivity index (χ0) is 9.80. The lowest BCUT2D eigenvalue weighted by molar-refractivity contribution is 0.407. The number of alkyl halides is 1. The van der Waals surface area contributed by atoms with E-state index in [2.05, 4.69) is 12.1 Å². The summed E-state index contributed by atoms with van der Waals surface area (Å²) in [6, 6.07) is 10.1. The van der Waals surface area contributed by atoms with Crippen LogP contribution in [0.3, 0.4) is 0 Å². The van der Waals surface area contributed by atoms with E-state index in [1.807, 2.05) is 30.4 Å². The summed E-state index contributed by atoms with van der Waals surface area (Å²) in [7, 11) is 0.521. The van der Waals surface area contributed by atoms with Gasteiger partial charge in [0.2, 0.25) is 0 Å². The fourth-order valence-electron chi connectivity index (χ4n) is 1.43. The molecular formula is C12H12FP. The minimum Gasteiger partial charge on any atom is -0.242 e. The van der Waals surface area contributed by atoms with Crippen LogP contribution in [0.1, 0.15) is 0 Å². The molecule has 0 N–H and O–H groups in total. The Morgan fingerprint density at radius 3 is 2.43 bits per heavy atom. The first-order valence-corrected chi connectivity index (χ1v) is 5.74. The quantitative estimate of drug-likeness (QED) is 0.653. The molecule has 0 radical (unpaired) electrons. The van der Waals surface area contributed by atoms with Crippen molar-refractivity contribution in [3.63, 3.8) is 0 Å². The minimum absolute atomic E-state index is 0.0300. The molecule has 2 rings (SSSR count). The number of allylic oxidation sites excluding steroid dienone is 4. The van der Waals surface area contributed by atoms with Crippen molar-refractivity contribution in [2.45, 2.75) is 11.8 Å². The molecule has 0 fully saturated rings. The van der Waals surface area contributed by atoms with Crippen LogP contribution in [-0.2, 0) is 0 Å². The predicted octanol–water partition coefficient (Wildman–Crippen LogP) is 2.82. The third-order valence-electron chi connectivity index (χ3n) is 2.17. The zero-order valence-electron chi connectivity index (χ0n) is 7.73.